The van der Waals surface area contributed by atoms with Gasteiger partial charge in [-0.2, -0.15) is 5.26 Å². The zero-order valence-electron chi connectivity index (χ0n) is 17.1. The van der Waals surface area contributed by atoms with E-state index in [2.05, 4.69) is 13.5 Å². The lowest BCUT2D eigenvalue weighted by Crippen LogP contribution is -2.56. The molecule has 2 aliphatic rings. The standard InChI is InChI=1S/C20H33NO4.CH4O/c1-12-5-7-17(15(4)19(23)9-18(22)13(2)10-21)20(24)11-25-14(3)6-8-16(12)20;1-2/h12,14-19,22-24H,2,5-9,11H2,1,3-4H3;2H,1H3/t12-,14?,15?,16?,17+,18-,19?,20-;/m1./s1. The molecule has 156 valence electrons. The van der Waals surface area contributed by atoms with Crippen molar-refractivity contribution in [2.45, 2.75) is 76.8 Å². The van der Waals surface area contributed by atoms with Gasteiger partial charge in [0.1, 0.15) is 0 Å². The summed E-state index contributed by atoms with van der Waals surface area (Å²) in [6, 6.07) is 1.84. The molecule has 8 atom stereocenters. The van der Waals surface area contributed by atoms with Crippen LogP contribution in [-0.2, 0) is 4.74 Å². The van der Waals surface area contributed by atoms with Gasteiger partial charge in [-0.3, -0.25) is 0 Å². The maximum atomic E-state index is 11.6. The molecule has 1 saturated carbocycles. The van der Waals surface area contributed by atoms with Crippen molar-refractivity contribution in [1.29, 1.82) is 5.26 Å². The first-order valence-corrected chi connectivity index (χ1v) is 9.94. The molecule has 0 bridgehead atoms. The molecular weight excluding hydrogens is 346 g/mol. The Morgan fingerprint density at radius 3 is 2.44 bits per heavy atom. The molecule has 1 saturated heterocycles. The van der Waals surface area contributed by atoms with Gasteiger partial charge in [0, 0.05) is 13.5 Å². The van der Waals surface area contributed by atoms with Crippen molar-refractivity contribution in [2.24, 2.45) is 23.7 Å². The second kappa shape index (κ2) is 10.5. The van der Waals surface area contributed by atoms with Crippen LogP contribution in [0.4, 0.5) is 0 Å². The SMILES string of the molecule is C=C(C#N)[C@H](O)CC(O)C(C)[C@@H]1CC[C@@H](C)C2CCC(C)OC[C@@]21O.CO. The van der Waals surface area contributed by atoms with Crippen LogP contribution < -0.4 is 0 Å². The van der Waals surface area contributed by atoms with Crippen LogP contribution in [0.2, 0.25) is 0 Å². The van der Waals surface area contributed by atoms with Gasteiger partial charge < -0.3 is 25.2 Å². The Labute approximate surface area is 163 Å². The second-order valence-electron chi connectivity index (χ2n) is 8.27. The summed E-state index contributed by atoms with van der Waals surface area (Å²) in [5.74, 6) is 0.322. The average Bonchev–Trinajstić information content (AvgIpc) is 2.81. The van der Waals surface area contributed by atoms with E-state index in [1.807, 2.05) is 19.9 Å². The van der Waals surface area contributed by atoms with Crippen molar-refractivity contribution in [1.82, 2.24) is 0 Å². The highest BCUT2D eigenvalue weighted by atomic mass is 16.5. The minimum atomic E-state index is -1.04. The van der Waals surface area contributed by atoms with Crippen LogP contribution in [0.25, 0.3) is 0 Å². The topological polar surface area (TPSA) is 114 Å². The van der Waals surface area contributed by atoms with E-state index >= 15 is 0 Å². The van der Waals surface area contributed by atoms with Crippen LogP contribution >= 0.6 is 0 Å². The number of rotatable bonds is 5. The van der Waals surface area contributed by atoms with Gasteiger partial charge in [-0.25, -0.2) is 0 Å². The molecule has 6 heteroatoms. The molecule has 0 amide bonds. The lowest BCUT2D eigenvalue weighted by Gasteiger charge is -2.51. The van der Waals surface area contributed by atoms with E-state index in [4.69, 9.17) is 15.1 Å². The molecular formula is C21H37NO5. The summed E-state index contributed by atoms with van der Waals surface area (Å²) in [6.07, 6.45) is 2.11. The minimum Gasteiger partial charge on any atom is -0.400 e. The fourth-order valence-corrected chi connectivity index (χ4v) is 4.83. The van der Waals surface area contributed by atoms with Crippen LogP contribution in [-0.4, -0.2) is 58.1 Å². The first kappa shape index (κ1) is 24.1. The highest BCUT2D eigenvalue weighted by Crippen LogP contribution is 2.49. The summed E-state index contributed by atoms with van der Waals surface area (Å²) in [7, 11) is 1.00. The first-order chi connectivity index (χ1) is 12.7. The maximum Gasteiger partial charge on any atom is 0.0968 e. The molecule has 6 nitrogen and oxygen atoms in total. The van der Waals surface area contributed by atoms with Crippen LogP contribution in [0.15, 0.2) is 12.2 Å². The smallest absolute Gasteiger partial charge is 0.0968 e. The summed E-state index contributed by atoms with van der Waals surface area (Å²) in [4.78, 5) is 0. The van der Waals surface area contributed by atoms with Crippen LogP contribution in [0, 0.1) is 35.0 Å². The van der Waals surface area contributed by atoms with Gasteiger partial charge in [-0.15, -0.1) is 0 Å². The summed E-state index contributed by atoms with van der Waals surface area (Å²) >= 11 is 0. The summed E-state index contributed by atoms with van der Waals surface area (Å²) in [6.45, 7) is 9.99. The van der Waals surface area contributed by atoms with E-state index in [9.17, 15) is 15.3 Å². The highest BCUT2D eigenvalue weighted by molar-refractivity contribution is 5.20. The second-order valence-corrected chi connectivity index (χ2v) is 8.27. The Hall–Kier alpha value is -0.970. The van der Waals surface area contributed by atoms with Gasteiger partial charge in [0.15, 0.2) is 0 Å². The van der Waals surface area contributed by atoms with Crippen molar-refractivity contribution < 1.29 is 25.2 Å². The van der Waals surface area contributed by atoms with E-state index in [-0.39, 0.29) is 35.9 Å². The number of ether oxygens (including phenoxy) is 1. The predicted molar refractivity (Wildman–Crippen MR) is 104 cm³/mol. The molecule has 1 aliphatic carbocycles. The van der Waals surface area contributed by atoms with Gasteiger partial charge in [-0.1, -0.05) is 20.4 Å². The molecule has 0 spiro atoms. The predicted octanol–water partition coefficient (Wildman–Crippen LogP) is 2.01. The average molecular weight is 384 g/mol. The number of hydrogen-bond acceptors (Lipinski definition) is 6. The number of hydrogen-bond donors (Lipinski definition) is 4. The maximum absolute atomic E-state index is 11.6. The normalized spacial score (nSPS) is 36.7. The van der Waals surface area contributed by atoms with E-state index in [1.54, 1.807) is 0 Å². The highest BCUT2D eigenvalue weighted by Gasteiger charge is 2.53. The molecule has 0 radical (unpaired) electrons. The van der Waals surface area contributed by atoms with E-state index in [0.29, 0.717) is 12.5 Å². The third kappa shape index (κ3) is 5.52. The largest absolute Gasteiger partial charge is 0.400 e. The van der Waals surface area contributed by atoms with E-state index in [0.717, 1.165) is 32.8 Å². The van der Waals surface area contributed by atoms with Crippen molar-refractivity contribution >= 4 is 0 Å². The van der Waals surface area contributed by atoms with E-state index in [1.165, 1.54) is 0 Å². The Balaban J connectivity index is 0.00000176. The number of fused-ring (bicyclic) bond motifs is 1. The lowest BCUT2D eigenvalue weighted by atomic mass is 9.59. The quantitative estimate of drug-likeness (QED) is 0.540. The van der Waals surface area contributed by atoms with Gasteiger partial charge in [0.25, 0.3) is 0 Å². The zero-order chi connectivity index (χ0) is 20.8. The van der Waals surface area contributed by atoms with Gasteiger partial charge in [0.2, 0.25) is 0 Å². The number of aliphatic hydroxyl groups excluding tert-OH is 3. The zero-order valence-corrected chi connectivity index (χ0v) is 17.1. The molecule has 0 aromatic rings. The number of nitrogens with zero attached hydrogens (tertiary/aromatic N) is 1. The Bertz CT molecular complexity index is 519. The monoisotopic (exact) mass is 383 g/mol. The fourth-order valence-electron chi connectivity index (χ4n) is 4.83. The molecule has 27 heavy (non-hydrogen) atoms. The molecule has 2 fully saturated rings. The van der Waals surface area contributed by atoms with Crippen molar-refractivity contribution in [2.75, 3.05) is 13.7 Å². The van der Waals surface area contributed by atoms with Crippen LogP contribution in [0.3, 0.4) is 0 Å². The lowest BCUT2D eigenvalue weighted by molar-refractivity contribution is -0.173. The molecule has 0 aromatic heterocycles. The Morgan fingerprint density at radius 1 is 1.22 bits per heavy atom. The van der Waals surface area contributed by atoms with Gasteiger partial charge in [-0.05, 0) is 56.3 Å². The van der Waals surface area contributed by atoms with Crippen molar-refractivity contribution in [3.05, 3.63) is 12.2 Å². The molecule has 1 aliphatic heterocycles. The number of aliphatic hydroxyl groups is 4. The summed E-state index contributed by atoms with van der Waals surface area (Å²) in [5, 5.41) is 48.0. The van der Waals surface area contributed by atoms with Crippen LogP contribution in [0.5, 0.6) is 0 Å². The Morgan fingerprint density at radius 2 is 1.85 bits per heavy atom. The molecule has 1 heterocycles. The first-order valence-electron chi connectivity index (χ1n) is 9.94. The fraction of sp³-hybridized carbons (Fsp3) is 0.857. The van der Waals surface area contributed by atoms with Gasteiger partial charge in [0.05, 0.1) is 42.2 Å². The molecule has 0 aromatic carbocycles. The minimum absolute atomic E-state index is 0.0618. The summed E-state index contributed by atoms with van der Waals surface area (Å²) < 4.78 is 5.88. The van der Waals surface area contributed by atoms with Crippen molar-refractivity contribution in [3.63, 3.8) is 0 Å². The third-order valence-electron chi connectivity index (χ3n) is 6.64. The van der Waals surface area contributed by atoms with E-state index < -0.39 is 17.8 Å². The summed E-state index contributed by atoms with van der Waals surface area (Å²) in [5.41, 5.74) is -0.883. The van der Waals surface area contributed by atoms with Crippen LogP contribution in [0.1, 0.15) is 52.9 Å². The molecule has 4 N–H and O–H groups in total. The van der Waals surface area contributed by atoms with Crippen molar-refractivity contribution in [3.8, 4) is 6.07 Å². The Kier molecular flexibility index (Phi) is 9.40. The van der Waals surface area contributed by atoms with Gasteiger partial charge >= 0.3 is 0 Å². The molecule has 4 unspecified atom stereocenters. The third-order valence-corrected chi connectivity index (χ3v) is 6.64. The number of nitriles is 1. The molecule has 2 rings (SSSR count).